The maximum Gasteiger partial charge on any atom is 0.255 e. The number of halogens is 4. The van der Waals surface area contributed by atoms with Crippen LogP contribution in [-0.4, -0.2) is 104 Å². The van der Waals surface area contributed by atoms with E-state index < -0.39 is 17.8 Å². The van der Waals surface area contributed by atoms with Crippen LogP contribution in [0.15, 0.2) is 30.6 Å². The Labute approximate surface area is 294 Å². The Morgan fingerprint density at radius 2 is 1.45 bits per heavy atom. The van der Waals surface area contributed by atoms with Gasteiger partial charge in [0.1, 0.15) is 11.6 Å². The van der Waals surface area contributed by atoms with Crippen molar-refractivity contribution in [1.29, 1.82) is 0 Å². The van der Waals surface area contributed by atoms with E-state index in [0.717, 1.165) is 37.7 Å². The van der Waals surface area contributed by atoms with E-state index in [2.05, 4.69) is 41.0 Å². The Bertz CT molecular complexity index is 1820. The van der Waals surface area contributed by atoms with Gasteiger partial charge in [-0.1, -0.05) is 0 Å². The van der Waals surface area contributed by atoms with Gasteiger partial charge in [-0.2, -0.15) is 30.1 Å². The summed E-state index contributed by atoms with van der Waals surface area (Å²) in [7, 11) is 3.66. The summed E-state index contributed by atoms with van der Waals surface area (Å²) in [6.45, 7) is 6.88. The van der Waals surface area contributed by atoms with E-state index in [4.69, 9.17) is 9.97 Å². The van der Waals surface area contributed by atoms with Crippen molar-refractivity contribution in [1.82, 2.24) is 44.8 Å². The topological polar surface area (TPSA) is 130 Å². The van der Waals surface area contributed by atoms with Gasteiger partial charge in [-0.25, -0.2) is 26.9 Å². The Hall–Kier alpha value is -4.54. The van der Waals surface area contributed by atoms with Crippen LogP contribution < -0.4 is 25.8 Å². The SMILES string of the molecule is Cc1ccn(-c2cc(N3CCNCC3)nc(NC3CCC(F)(F)C(c4cn(-c5cc(N(C)C)nc(NC6CCC(F)(F)CC6)n5)nc4C)C3)n2)n1. The molecule has 2 aliphatic carbocycles. The Morgan fingerprint density at radius 3 is 2.14 bits per heavy atom. The molecule has 13 nitrogen and oxygen atoms in total. The summed E-state index contributed by atoms with van der Waals surface area (Å²) in [5.41, 5.74) is 1.76. The van der Waals surface area contributed by atoms with Crippen LogP contribution >= 0.6 is 0 Å². The van der Waals surface area contributed by atoms with Gasteiger partial charge in [0, 0.05) is 102 Å². The van der Waals surface area contributed by atoms with Gasteiger partial charge in [-0.15, -0.1) is 0 Å². The quantitative estimate of drug-likeness (QED) is 0.201. The number of alkyl halides is 4. The van der Waals surface area contributed by atoms with E-state index in [1.807, 2.05) is 39.3 Å². The number of aromatic nitrogens is 8. The highest BCUT2D eigenvalue weighted by molar-refractivity contribution is 5.51. The highest BCUT2D eigenvalue weighted by Gasteiger charge is 2.47. The van der Waals surface area contributed by atoms with Crippen LogP contribution in [0.3, 0.4) is 0 Å². The standard InChI is InChI=1S/C34H45F4N13/c1-21-8-14-50(46-21)29-19-28(49-15-12-39-13-16-49)43-32(44-29)41-24-7-11-34(37,38)26(17-24)25-20-51(47-22(25)2)30-18-27(48(3)4)42-31(45-30)40-23-5-9-33(35,36)10-6-23/h8,14,18-20,23-24,26,39H,5-7,9-13,15-17H2,1-4H3,(H,40,42,45)(H,41,43,44). The summed E-state index contributed by atoms with van der Waals surface area (Å²) in [5.74, 6) is -3.77. The monoisotopic (exact) mass is 711 g/mol. The van der Waals surface area contributed by atoms with Crippen molar-refractivity contribution >= 4 is 23.5 Å². The lowest BCUT2D eigenvalue weighted by atomic mass is 9.78. The van der Waals surface area contributed by atoms with Gasteiger partial charge in [0.05, 0.1) is 17.3 Å². The predicted molar refractivity (Wildman–Crippen MR) is 187 cm³/mol. The van der Waals surface area contributed by atoms with Gasteiger partial charge in [0.25, 0.3) is 5.92 Å². The fourth-order valence-corrected chi connectivity index (χ4v) is 7.12. The summed E-state index contributed by atoms with van der Waals surface area (Å²) in [6, 6.07) is 5.01. The molecule has 2 unspecified atom stereocenters. The third-order valence-electron chi connectivity index (χ3n) is 10.0. The molecule has 0 bridgehead atoms. The minimum atomic E-state index is -2.96. The summed E-state index contributed by atoms with van der Waals surface area (Å²) in [6.07, 6.45) is 3.74. The van der Waals surface area contributed by atoms with Crippen LogP contribution in [0.25, 0.3) is 11.6 Å². The van der Waals surface area contributed by atoms with E-state index in [9.17, 15) is 8.78 Å². The fourth-order valence-electron chi connectivity index (χ4n) is 7.12. The lowest BCUT2D eigenvalue weighted by molar-refractivity contribution is -0.0573. The molecule has 0 spiro atoms. The first kappa shape index (κ1) is 34.9. The van der Waals surface area contributed by atoms with Crippen molar-refractivity contribution in [3.63, 3.8) is 0 Å². The van der Waals surface area contributed by atoms with Crippen LogP contribution in [-0.2, 0) is 0 Å². The highest BCUT2D eigenvalue weighted by atomic mass is 19.3. The molecule has 4 aromatic heterocycles. The minimum absolute atomic E-state index is 0.142. The van der Waals surface area contributed by atoms with E-state index in [0.29, 0.717) is 47.5 Å². The third kappa shape index (κ3) is 7.87. The van der Waals surface area contributed by atoms with E-state index in [-0.39, 0.29) is 50.1 Å². The average Bonchev–Trinajstić information content (AvgIpc) is 3.72. The molecule has 51 heavy (non-hydrogen) atoms. The number of anilines is 4. The van der Waals surface area contributed by atoms with Crippen LogP contribution in [0.1, 0.15) is 67.8 Å². The molecule has 5 heterocycles. The second kappa shape index (κ2) is 13.9. The lowest BCUT2D eigenvalue weighted by Crippen LogP contribution is -2.44. The van der Waals surface area contributed by atoms with E-state index >= 15 is 8.78 Å². The number of rotatable bonds is 9. The van der Waals surface area contributed by atoms with E-state index in [1.54, 1.807) is 28.8 Å². The first-order chi connectivity index (χ1) is 24.3. The number of aryl methyl sites for hydroxylation is 2. The lowest BCUT2D eigenvalue weighted by Gasteiger charge is -2.36. The molecule has 3 fully saturated rings. The van der Waals surface area contributed by atoms with Crippen molar-refractivity contribution in [3.8, 4) is 11.6 Å². The fraction of sp³-hybridized carbons (Fsp3) is 0.588. The van der Waals surface area contributed by atoms with Crippen LogP contribution in [0.4, 0.5) is 41.1 Å². The summed E-state index contributed by atoms with van der Waals surface area (Å²) in [5, 5.41) is 19.1. The molecule has 274 valence electrons. The first-order valence-corrected chi connectivity index (χ1v) is 17.6. The number of nitrogens with zero attached hydrogens (tertiary/aromatic N) is 10. The van der Waals surface area contributed by atoms with Gasteiger partial charge >= 0.3 is 0 Å². The summed E-state index contributed by atoms with van der Waals surface area (Å²) in [4.78, 5) is 22.8. The second-order valence-electron chi connectivity index (χ2n) is 14.2. The Kier molecular flexibility index (Phi) is 9.50. The minimum Gasteiger partial charge on any atom is -0.363 e. The zero-order chi connectivity index (χ0) is 35.9. The maximum absolute atomic E-state index is 15.8. The molecule has 0 aromatic carbocycles. The molecule has 2 saturated carbocycles. The van der Waals surface area contributed by atoms with Crippen molar-refractivity contribution in [2.75, 3.05) is 60.7 Å². The summed E-state index contributed by atoms with van der Waals surface area (Å²) >= 11 is 0. The molecule has 2 atom stereocenters. The van der Waals surface area contributed by atoms with Crippen LogP contribution in [0.2, 0.25) is 0 Å². The van der Waals surface area contributed by atoms with E-state index in [1.165, 1.54) is 4.68 Å². The average molecular weight is 712 g/mol. The van der Waals surface area contributed by atoms with Crippen molar-refractivity contribution in [2.45, 2.75) is 88.6 Å². The maximum atomic E-state index is 15.8. The summed E-state index contributed by atoms with van der Waals surface area (Å²) < 4.78 is 62.3. The van der Waals surface area contributed by atoms with Gasteiger partial charge in [-0.05, 0) is 45.6 Å². The van der Waals surface area contributed by atoms with Gasteiger partial charge in [-0.3, -0.25) is 0 Å². The molecule has 4 aromatic rings. The zero-order valence-electron chi connectivity index (χ0n) is 29.4. The smallest absolute Gasteiger partial charge is 0.255 e. The Balaban J connectivity index is 1.13. The second-order valence-corrected chi connectivity index (χ2v) is 14.2. The zero-order valence-corrected chi connectivity index (χ0v) is 29.4. The molecule has 17 heteroatoms. The normalized spacial score (nSPS) is 22.2. The molecule has 0 amide bonds. The highest BCUT2D eigenvalue weighted by Crippen LogP contribution is 2.46. The molecule has 7 rings (SSSR count). The van der Waals surface area contributed by atoms with Crippen molar-refractivity contribution < 1.29 is 17.6 Å². The Morgan fingerprint density at radius 1 is 0.804 bits per heavy atom. The number of nitrogens with one attached hydrogen (secondary N) is 3. The number of piperazine rings is 1. The molecular formula is C34H45F4N13. The molecule has 1 saturated heterocycles. The first-order valence-electron chi connectivity index (χ1n) is 17.6. The predicted octanol–water partition coefficient (Wildman–Crippen LogP) is 5.10. The number of hydrogen-bond donors (Lipinski definition) is 3. The van der Waals surface area contributed by atoms with Gasteiger partial charge in [0.15, 0.2) is 11.6 Å². The molecule has 3 N–H and O–H groups in total. The van der Waals surface area contributed by atoms with Gasteiger partial charge in [0.2, 0.25) is 17.8 Å². The largest absolute Gasteiger partial charge is 0.363 e. The molecule has 3 aliphatic rings. The van der Waals surface area contributed by atoms with Crippen LogP contribution in [0, 0.1) is 13.8 Å². The third-order valence-corrected chi connectivity index (χ3v) is 10.0. The van der Waals surface area contributed by atoms with Crippen LogP contribution in [0.5, 0.6) is 0 Å². The molecule has 1 aliphatic heterocycles. The van der Waals surface area contributed by atoms with Gasteiger partial charge < -0.3 is 25.8 Å². The van der Waals surface area contributed by atoms with Crippen molar-refractivity contribution in [3.05, 3.63) is 47.5 Å². The van der Waals surface area contributed by atoms with Crippen molar-refractivity contribution in [2.24, 2.45) is 0 Å². The number of hydrogen-bond acceptors (Lipinski definition) is 11. The molecule has 0 radical (unpaired) electrons. The molecular weight excluding hydrogens is 666 g/mol.